The van der Waals surface area contributed by atoms with Crippen LogP contribution in [0.15, 0.2) is 53.9 Å². The first-order valence-corrected chi connectivity index (χ1v) is 9.32. The van der Waals surface area contributed by atoms with E-state index in [1.54, 1.807) is 36.4 Å². The summed E-state index contributed by atoms with van der Waals surface area (Å²) in [4.78, 5) is 39.9. The summed E-state index contributed by atoms with van der Waals surface area (Å²) in [6.07, 6.45) is 0. The van der Waals surface area contributed by atoms with E-state index in [1.165, 1.54) is 24.6 Å². The average Bonchev–Trinajstić information content (AvgIpc) is 3.22. The maximum Gasteiger partial charge on any atom is 0.325 e. The summed E-state index contributed by atoms with van der Waals surface area (Å²) in [5, 5.41) is 6.99. The van der Waals surface area contributed by atoms with Gasteiger partial charge in [-0.1, -0.05) is 18.2 Å². The second-order valence-electron chi connectivity index (χ2n) is 5.81. The molecular formula is C20H16FN3O4S. The van der Waals surface area contributed by atoms with Gasteiger partial charge in [0.15, 0.2) is 0 Å². The molecule has 0 aliphatic rings. The molecule has 0 unspecified atom stereocenters. The number of ether oxygens (including phenoxy) is 1. The molecule has 2 amide bonds. The first-order chi connectivity index (χ1) is 14.0. The van der Waals surface area contributed by atoms with Crippen LogP contribution < -0.4 is 10.6 Å². The Bertz CT molecular complexity index is 1070. The number of nitrogens with zero attached hydrogens (tertiary/aromatic N) is 1. The standard InChI is InChI=1S/C20H16FN3O4S/c1-28-17(25)10-22-18(26)12-5-4-6-13(9-12)23-19(27)16-11-29-20(24-16)14-7-2-3-8-15(14)21/h2-9,11H,10H2,1H3,(H,22,26)(H,23,27). The number of methoxy groups -OCH3 is 1. The summed E-state index contributed by atoms with van der Waals surface area (Å²) in [5.41, 5.74) is 1.09. The Labute approximate surface area is 169 Å². The van der Waals surface area contributed by atoms with Crippen LogP contribution in [0.25, 0.3) is 10.6 Å². The van der Waals surface area contributed by atoms with Crippen molar-refractivity contribution in [3.63, 3.8) is 0 Å². The average molecular weight is 413 g/mol. The number of aromatic nitrogens is 1. The number of thiazole rings is 1. The summed E-state index contributed by atoms with van der Waals surface area (Å²) in [6.45, 7) is -0.260. The van der Waals surface area contributed by atoms with Gasteiger partial charge in [-0.05, 0) is 30.3 Å². The minimum Gasteiger partial charge on any atom is -0.468 e. The summed E-state index contributed by atoms with van der Waals surface area (Å²) in [5.74, 6) is -1.96. The van der Waals surface area contributed by atoms with Crippen molar-refractivity contribution in [1.82, 2.24) is 10.3 Å². The van der Waals surface area contributed by atoms with Gasteiger partial charge in [-0.3, -0.25) is 14.4 Å². The van der Waals surface area contributed by atoms with Crippen LogP contribution in [-0.2, 0) is 9.53 Å². The number of carbonyl (C=O) groups is 3. The maximum absolute atomic E-state index is 13.9. The molecule has 29 heavy (non-hydrogen) atoms. The fraction of sp³-hybridized carbons (Fsp3) is 0.100. The molecule has 2 N–H and O–H groups in total. The quantitative estimate of drug-likeness (QED) is 0.605. The van der Waals surface area contributed by atoms with Crippen molar-refractivity contribution in [2.75, 3.05) is 19.0 Å². The third kappa shape index (κ3) is 5.02. The highest BCUT2D eigenvalue weighted by molar-refractivity contribution is 7.13. The molecule has 2 aromatic carbocycles. The van der Waals surface area contributed by atoms with E-state index in [1.807, 2.05) is 0 Å². The first-order valence-electron chi connectivity index (χ1n) is 8.45. The number of halogens is 1. The lowest BCUT2D eigenvalue weighted by Gasteiger charge is -2.07. The molecule has 0 saturated heterocycles. The van der Waals surface area contributed by atoms with Gasteiger partial charge >= 0.3 is 5.97 Å². The van der Waals surface area contributed by atoms with Crippen LogP contribution in [0.1, 0.15) is 20.8 Å². The molecule has 0 fully saturated rings. The molecule has 0 atom stereocenters. The van der Waals surface area contributed by atoms with Crippen molar-refractivity contribution in [2.24, 2.45) is 0 Å². The van der Waals surface area contributed by atoms with E-state index in [0.29, 0.717) is 16.3 Å². The smallest absolute Gasteiger partial charge is 0.325 e. The molecule has 0 bridgehead atoms. The van der Waals surface area contributed by atoms with Gasteiger partial charge in [0.25, 0.3) is 11.8 Å². The van der Waals surface area contributed by atoms with Crippen LogP contribution in [0.2, 0.25) is 0 Å². The Morgan fingerprint density at radius 2 is 1.90 bits per heavy atom. The van der Waals surface area contributed by atoms with E-state index in [2.05, 4.69) is 20.4 Å². The van der Waals surface area contributed by atoms with E-state index in [9.17, 15) is 18.8 Å². The topological polar surface area (TPSA) is 97.4 Å². The third-order valence-electron chi connectivity index (χ3n) is 3.84. The Morgan fingerprint density at radius 1 is 1.10 bits per heavy atom. The number of carbonyl (C=O) groups excluding carboxylic acids is 3. The molecule has 3 rings (SSSR count). The molecule has 9 heteroatoms. The molecule has 1 aromatic heterocycles. The van der Waals surface area contributed by atoms with Crippen molar-refractivity contribution in [3.05, 3.63) is 71.0 Å². The normalized spacial score (nSPS) is 10.3. The van der Waals surface area contributed by atoms with E-state index < -0.39 is 23.6 Å². The lowest BCUT2D eigenvalue weighted by atomic mass is 10.2. The van der Waals surface area contributed by atoms with Gasteiger partial charge in [0, 0.05) is 22.2 Å². The fourth-order valence-electron chi connectivity index (χ4n) is 2.40. The van der Waals surface area contributed by atoms with Crippen LogP contribution >= 0.6 is 11.3 Å². The molecule has 0 aliphatic carbocycles. The number of benzene rings is 2. The minimum atomic E-state index is -0.572. The molecular weight excluding hydrogens is 397 g/mol. The highest BCUT2D eigenvalue weighted by Gasteiger charge is 2.15. The number of rotatable bonds is 6. The Hall–Kier alpha value is -3.59. The zero-order valence-corrected chi connectivity index (χ0v) is 16.1. The van der Waals surface area contributed by atoms with Gasteiger partial charge in [0.05, 0.1) is 7.11 Å². The highest BCUT2D eigenvalue weighted by atomic mass is 32.1. The summed E-state index contributed by atoms with van der Waals surface area (Å²) in [7, 11) is 1.22. The van der Waals surface area contributed by atoms with Crippen LogP contribution in [0.5, 0.6) is 0 Å². The molecule has 0 aliphatic heterocycles. The van der Waals surface area contributed by atoms with Crippen molar-refractivity contribution >= 4 is 34.8 Å². The Balaban J connectivity index is 1.69. The molecule has 7 nitrogen and oxygen atoms in total. The predicted molar refractivity (Wildman–Crippen MR) is 106 cm³/mol. The lowest BCUT2D eigenvalue weighted by Crippen LogP contribution is -2.30. The summed E-state index contributed by atoms with van der Waals surface area (Å²) in [6, 6.07) is 12.4. The number of esters is 1. The predicted octanol–water partition coefficient (Wildman–Crippen LogP) is 3.10. The van der Waals surface area contributed by atoms with Gasteiger partial charge in [0.2, 0.25) is 0 Å². The van der Waals surface area contributed by atoms with Gasteiger partial charge in [-0.2, -0.15) is 0 Å². The lowest BCUT2D eigenvalue weighted by molar-refractivity contribution is -0.139. The Kier molecular flexibility index (Phi) is 6.30. The van der Waals surface area contributed by atoms with Crippen LogP contribution in [0.4, 0.5) is 10.1 Å². The largest absolute Gasteiger partial charge is 0.468 e. The molecule has 0 radical (unpaired) electrons. The highest BCUT2D eigenvalue weighted by Crippen LogP contribution is 2.26. The Morgan fingerprint density at radius 3 is 2.66 bits per heavy atom. The second-order valence-corrected chi connectivity index (χ2v) is 6.67. The zero-order chi connectivity index (χ0) is 20.8. The van der Waals surface area contributed by atoms with E-state index in [0.717, 1.165) is 11.3 Å². The van der Waals surface area contributed by atoms with Crippen LogP contribution in [0, 0.1) is 5.82 Å². The second kappa shape index (κ2) is 9.07. The zero-order valence-electron chi connectivity index (χ0n) is 15.3. The van der Waals surface area contributed by atoms with Crippen LogP contribution in [0.3, 0.4) is 0 Å². The van der Waals surface area contributed by atoms with Gasteiger partial charge in [-0.25, -0.2) is 9.37 Å². The van der Waals surface area contributed by atoms with Crippen molar-refractivity contribution in [1.29, 1.82) is 0 Å². The van der Waals surface area contributed by atoms with Crippen molar-refractivity contribution in [3.8, 4) is 10.6 Å². The third-order valence-corrected chi connectivity index (χ3v) is 4.72. The van der Waals surface area contributed by atoms with Gasteiger partial charge in [-0.15, -0.1) is 11.3 Å². The van der Waals surface area contributed by atoms with E-state index in [-0.39, 0.29) is 17.8 Å². The molecule has 0 saturated carbocycles. The molecule has 1 heterocycles. The van der Waals surface area contributed by atoms with Crippen LogP contribution in [-0.4, -0.2) is 36.4 Å². The van der Waals surface area contributed by atoms with Gasteiger partial charge in [0.1, 0.15) is 23.1 Å². The number of hydrogen-bond acceptors (Lipinski definition) is 6. The monoisotopic (exact) mass is 413 g/mol. The van der Waals surface area contributed by atoms with Gasteiger partial charge < -0.3 is 15.4 Å². The number of hydrogen-bond donors (Lipinski definition) is 2. The van der Waals surface area contributed by atoms with E-state index in [4.69, 9.17) is 0 Å². The minimum absolute atomic E-state index is 0.133. The number of amides is 2. The maximum atomic E-state index is 13.9. The SMILES string of the molecule is COC(=O)CNC(=O)c1cccc(NC(=O)c2csc(-c3ccccc3F)n2)c1. The molecule has 3 aromatic rings. The summed E-state index contributed by atoms with van der Waals surface area (Å²) >= 11 is 1.16. The molecule has 148 valence electrons. The number of anilines is 1. The van der Waals surface area contributed by atoms with Crippen molar-refractivity contribution in [2.45, 2.75) is 0 Å². The first kappa shape index (κ1) is 20.2. The van der Waals surface area contributed by atoms with Crippen molar-refractivity contribution < 1.29 is 23.5 Å². The number of nitrogens with one attached hydrogen (secondary N) is 2. The molecule has 0 spiro atoms. The fourth-order valence-corrected chi connectivity index (χ4v) is 3.22. The van der Waals surface area contributed by atoms with E-state index >= 15 is 0 Å². The summed E-state index contributed by atoms with van der Waals surface area (Å²) < 4.78 is 18.4.